The van der Waals surface area contributed by atoms with Crippen molar-refractivity contribution in [1.82, 2.24) is 0 Å². The van der Waals surface area contributed by atoms with Gasteiger partial charge in [-0.25, -0.2) is 4.39 Å². The minimum atomic E-state index is -0.182. The van der Waals surface area contributed by atoms with Crippen molar-refractivity contribution in [3.63, 3.8) is 0 Å². The monoisotopic (exact) mass is 246 g/mol. The first-order chi connectivity index (χ1) is 6.15. The second kappa shape index (κ2) is 4.72. The maximum Gasteiger partial charge on any atom is 0.127 e. The molecule has 0 fully saturated rings. The normalized spacial score (nSPS) is 12.9. The molecule has 0 N–H and O–H groups in total. The van der Waals surface area contributed by atoms with Crippen LogP contribution in [0.2, 0.25) is 0 Å². The van der Waals surface area contributed by atoms with Crippen LogP contribution in [0.3, 0.4) is 0 Å². The minimum absolute atomic E-state index is 0.0955. The Morgan fingerprint density at radius 2 is 2.23 bits per heavy atom. The van der Waals surface area contributed by atoms with E-state index < -0.39 is 0 Å². The minimum Gasteiger partial charge on any atom is -0.384 e. The molecule has 1 rings (SSSR count). The Morgan fingerprint density at radius 1 is 1.54 bits per heavy atom. The maximum absolute atomic E-state index is 13.3. The first-order valence-electron chi connectivity index (χ1n) is 4.09. The van der Waals surface area contributed by atoms with Crippen molar-refractivity contribution < 1.29 is 9.13 Å². The highest BCUT2D eigenvalue weighted by Crippen LogP contribution is 2.22. The number of hydrogen-bond acceptors (Lipinski definition) is 1. The topological polar surface area (TPSA) is 9.23 Å². The SMILES string of the molecule is COC[C@@H](C)c1ccc(Br)cc1F. The van der Waals surface area contributed by atoms with E-state index in [1.165, 1.54) is 6.07 Å². The standard InChI is InChI=1S/C10H12BrFO/c1-7(6-13-2)9-4-3-8(11)5-10(9)12/h3-5,7H,6H2,1-2H3/t7-/m1/s1. The molecule has 1 aromatic rings. The van der Waals surface area contributed by atoms with Crippen molar-refractivity contribution in [1.29, 1.82) is 0 Å². The van der Waals surface area contributed by atoms with Crippen molar-refractivity contribution in [2.75, 3.05) is 13.7 Å². The van der Waals surface area contributed by atoms with Crippen LogP contribution in [0, 0.1) is 5.82 Å². The Kier molecular flexibility index (Phi) is 3.88. The molecule has 0 amide bonds. The molecule has 0 heterocycles. The third-order valence-corrected chi connectivity index (χ3v) is 2.40. The van der Waals surface area contributed by atoms with E-state index in [1.54, 1.807) is 13.2 Å². The lowest BCUT2D eigenvalue weighted by molar-refractivity contribution is 0.183. The second-order valence-corrected chi connectivity index (χ2v) is 3.94. The van der Waals surface area contributed by atoms with E-state index in [2.05, 4.69) is 15.9 Å². The molecule has 3 heteroatoms. The second-order valence-electron chi connectivity index (χ2n) is 3.02. The van der Waals surface area contributed by atoms with Crippen LogP contribution in [0.5, 0.6) is 0 Å². The van der Waals surface area contributed by atoms with E-state index in [4.69, 9.17) is 4.74 Å². The molecule has 0 aliphatic rings. The zero-order valence-electron chi connectivity index (χ0n) is 7.68. The van der Waals surface area contributed by atoms with Crippen LogP contribution in [0.25, 0.3) is 0 Å². The summed E-state index contributed by atoms with van der Waals surface area (Å²) < 4.78 is 19.1. The molecular formula is C10H12BrFO. The van der Waals surface area contributed by atoms with Crippen molar-refractivity contribution in [3.8, 4) is 0 Å². The van der Waals surface area contributed by atoms with Crippen molar-refractivity contribution in [2.45, 2.75) is 12.8 Å². The first-order valence-corrected chi connectivity index (χ1v) is 4.88. The summed E-state index contributed by atoms with van der Waals surface area (Å²) in [7, 11) is 1.62. The molecule has 13 heavy (non-hydrogen) atoms. The summed E-state index contributed by atoms with van der Waals surface area (Å²) in [6.07, 6.45) is 0. The van der Waals surface area contributed by atoms with Gasteiger partial charge in [0, 0.05) is 17.5 Å². The van der Waals surface area contributed by atoms with Crippen LogP contribution in [0.1, 0.15) is 18.4 Å². The largest absolute Gasteiger partial charge is 0.384 e. The third kappa shape index (κ3) is 2.78. The summed E-state index contributed by atoms with van der Waals surface area (Å²) in [6.45, 7) is 2.48. The van der Waals surface area contributed by atoms with Gasteiger partial charge in [-0.1, -0.05) is 28.9 Å². The summed E-state index contributed by atoms with van der Waals surface area (Å²) >= 11 is 3.21. The van der Waals surface area contributed by atoms with E-state index in [0.717, 1.165) is 4.47 Å². The first kappa shape index (κ1) is 10.7. The van der Waals surface area contributed by atoms with Gasteiger partial charge in [0.25, 0.3) is 0 Å². The molecule has 72 valence electrons. The lowest BCUT2D eigenvalue weighted by Gasteiger charge is -2.11. The van der Waals surface area contributed by atoms with Gasteiger partial charge in [-0.2, -0.15) is 0 Å². The fourth-order valence-electron chi connectivity index (χ4n) is 1.24. The molecule has 0 saturated heterocycles. The highest BCUT2D eigenvalue weighted by atomic mass is 79.9. The molecule has 0 bridgehead atoms. The van der Waals surface area contributed by atoms with Crippen LogP contribution in [0.15, 0.2) is 22.7 Å². The Balaban J connectivity index is 2.88. The van der Waals surface area contributed by atoms with Gasteiger partial charge < -0.3 is 4.74 Å². The zero-order valence-corrected chi connectivity index (χ0v) is 9.27. The quantitative estimate of drug-likeness (QED) is 0.795. The number of methoxy groups -OCH3 is 1. The Hall–Kier alpha value is -0.410. The van der Waals surface area contributed by atoms with Gasteiger partial charge in [0.2, 0.25) is 0 Å². The average Bonchev–Trinajstić information content (AvgIpc) is 2.04. The molecule has 1 atom stereocenters. The summed E-state index contributed by atoms with van der Waals surface area (Å²) in [5, 5.41) is 0. The van der Waals surface area contributed by atoms with Gasteiger partial charge in [-0.3, -0.25) is 0 Å². The molecule has 1 nitrogen and oxygen atoms in total. The number of rotatable bonds is 3. The Bertz CT molecular complexity index is 288. The predicted molar refractivity (Wildman–Crippen MR) is 54.4 cm³/mol. The Labute approximate surface area is 86.0 Å². The lowest BCUT2D eigenvalue weighted by Crippen LogP contribution is -2.04. The van der Waals surface area contributed by atoms with Crippen LogP contribution < -0.4 is 0 Å². The van der Waals surface area contributed by atoms with Crippen molar-refractivity contribution in [3.05, 3.63) is 34.1 Å². The average molecular weight is 247 g/mol. The van der Waals surface area contributed by atoms with Gasteiger partial charge in [0.05, 0.1) is 6.61 Å². The molecule has 0 radical (unpaired) electrons. The Morgan fingerprint density at radius 3 is 2.77 bits per heavy atom. The van der Waals surface area contributed by atoms with Crippen LogP contribution >= 0.6 is 15.9 Å². The highest BCUT2D eigenvalue weighted by Gasteiger charge is 2.10. The smallest absolute Gasteiger partial charge is 0.127 e. The van der Waals surface area contributed by atoms with Gasteiger partial charge in [0.1, 0.15) is 5.82 Å². The fourth-order valence-corrected chi connectivity index (χ4v) is 1.57. The van der Waals surface area contributed by atoms with E-state index in [1.807, 2.05) is 13.0 Å². The number of halogens is 2. The summed E-state index contributed by atoms with van der Waals surface area (Å²) in [6, 6.07) is 5.09. The third-order valence-electron chi connectivity index (χ3n) is 1.91. The van der Waals surface area contributed by atoms with Crippen molar-refractivity contribution in [2.24, 2.45) is 0 Å². The molecule has 0 aliphatic heterocycles. The predicted octanol–water partition coefficient (Wildman–Crippen LogP) is 3.34. The molecule has 1 aromatic carbocycles. The molecule has 0 unspecified atom stereocenters. The number of benzene rings is 1. The molecule has 0 aliphatic carbocycles. The van der Waals surface area contributed by atoms with Crippen LogP contribution in [-0.4, -0.2) is 13.7 Å². The maximum atomic E-state index is 13.3. The highest BCUT2D eigenvalue weighted by molar-refractivity contribution is 9.10. The van der Waals surface area contributed by atoms with Gasteiger partial charge in [-0.15, -0.1) is 0 Å². The van der Waals surface area contributed by atoms with Gasteiger partial charge in [0.15, 0.2) is 0 Å². The fraction of sp³-hybridized carbons (Fsp3) is 0.400. The van der Waals surface area contributed by atoms with Crippen LogP contribution in [0.4, 0.5) is 4.39 Å². The van der Waals surface area contributed by atoms with Crippen molar-refractivity contribution >= 4 is 15.9 Å². The molecule has 0 aromatic heterocycles. The van der Waals surface area contributed by atoms with Crippen LogP contribution in [-0.2, 0) is 4.74 Å². The van der Waals surface area contributed by atoms with E-state index in [0.29, 0.717) is 12.2 Å². The van der Waals surface area contributed by atoms with Gasteiger partial charge >= 0.3 is 0 Å². The summed E-state index contributed by atoms with van der Waals surface area (Å²) in [5.74, 6) is -0.0861. The number of ether oxygens (including phenoxy) is 1. The van der Waals surface area contributed by atoms with E-state index in [9.17, 15) is 4.39 Å². The van der Waals surface area contributed by atoms with E-state index >= 15 is 0 Å². The van der Waals surface area contributed by atoms with E-state index in [-0.39, 0.29) is 11.7 Å². The summed E-state index contributed by atoms with van der Waals surface area (Å²) in [5.41, 5.74) is 0.699. The molecular weight excluding hydrogens is 235 g/mol. The molecule has 0 saturated carbocycles. The number of hydrogen-bond donors (Lipinski definition) is 0. The lowest BCUT2D eigenvalue weighted by atomic mass is 10.0. The zero-order chi connectivity index (χ0) is 9.84. The van der Waals surface area contributed by atoms with Gasteiger partial charge in [-0.05, 0) is 17.7 Å². The molecule has 0 spiro atoms. The summed E-state index contributed by atoms with van der Waals surface area (Å²) in [4.78, 5) is 0.